The molecule has 0 saturated heterocycles. The molecule has 32 heavy (non-hydrogen) atoms. The summed E-state index contributed by atoms with van der Waals surface area (Å²) in [6.07, 6.45) is 11.6. The van der Waals surface area contributed by atoms with Crippen LogP contribution < -0.4 is 4.90 Å². The number of amides is 1. The maximum atomic E-state index is 10.8. The van der Waals surface area contributed by atoms with Crippen LogP contribution in [-0.2, 0) is 4.79 Å². The minimum Gasteiger partial charge on any atom is -0.478 e. The largest absolute Gasteiger partial charge is 0.478 e. The van der Waals surface area contributed by atoms with Gasteiger partial charge in [-0.2, -0.15) is 5.10 Å². The molecule has 4 rings (SSSR count). The lowest BCUT2D eigenvalue weighted by atomic mass is 10.1. The van der Waals surface area contributed by atoms with Gasteiger partial charge in [0, 0.05) is 24.0 Å². The molecule has 3 aromatic rings. The van der Waals surface area contributed by atoms with Gasteiger partial charge in [0.1, 0.15) is 5.82 Å². The van der Waals surface area contributed by atoms with Crippen molar-refractivity contribution in [1.82, 2.24) is 14.6 Å². The van der Waals surface area contributed by atoms with Gasteiger partial charge in [-0.05, 0) is 62.1 Å². The van der Waals surface area contributed by atoms with E-state index in [-0.39, 0.29) is 11.6 Å². The maximum Gasteiger partial charge on any atom is 0.337 e. The predicted octanol–water partition coefficient (Wildman–Crippen LogP) is 5.16. The van der Waals surface area contributed by atoms with Gasteiger partial charge in [-0.1, -0.05) is 32.6 Å². The molecule has 0 aromatic carbocycles. The predicted molar refractivity (Wildman–Crippen MR) is 128 cm³/mol. The third-order valence-electron chi connectivity index (χ3n) is 4.78. The van der Waals surface area contributed by atoms with Crippen LogP contribution in [0.3, 0.4) is 0 Å². The molecule has 7 heteroatoms. The second-order valence-corrected chi connectivity index (χ2v) is 7.13. The van der Waals surface area contributed by atoms with E-state index in [0.717, 1.165) is 24.8 Å². The van der Waals surface area contributed by atoms with Crippen molar-refractivity contribution < 1.29 is 14.7 Å². The maximum absolute atomic E-state index is 10.8. The number of pyridine rings is 2. The summed E-state index contributed by atoms with van der Waals surface area (Å²) < 4.78 is 1.89. The van der Waals surface area contributed by atoms with Crippen molar-refractivity contribution in [2.45, 2.75) is 46.6 Å². The number of rotatable bonds is 6. The fourth-order valence-electron chi connectivity index (χ4n) is 3.00. The number of carboxylic acids is 1. The molecule has 0 atom stereocenters. The summed E-state index contributed by atoms with van der Waals surface area (Å²) in [6, 6.07) is 7.43. The second kappa shape index (κ2) is 11.6. The average molecular weight is 435 g/mol. The smallest absolute Gasteiger partial charge is 0.337 e. The van der Waals surface area contributed by atoms with Crippen molar-refractivity contribution in [3.63, 3.8) is 0 Å². The molecule has 0 bridgehead atoms. The molecule has 1 aliphatic rings. The molecule has 1 N–H and O–H groups in total. The van der Waals surface area contributed by atoms with Crippen LogP contribution in [0, 0.1) is 6.92 Å². The number of allylic oxidation sites excluding steroid dienone is 3. The van der Waals surface area contributed by atoms with Crippen LogP contribution in [0.1, 0.15) is 55.1 Å². The number of aryl methyl sites for hydroxylation is 1. The Hall–Kier alpha value is -3.74. The molecule has 0 radical (unpaired) electrons. The van der Waals surface area contributed by atoms with Gasteiger partial charge < -0.3 is 5.11 Å². The van der Waals surface area contributed by atoms with Gasteiger partial charge in [0.05, 0.1) is 17.3 Å². The van der Waals surface area contributed by atoms with E-state index in [2.05, 4.69) is 42.6 Å². The van der Waals surface area contributed by atoms with Crippen molar-refractivity contribution in [3.05, 3.63) is 78.3 Å². The molecule has 1 saturated carbocycles. The molecule has 1 amide bonds. The number of carboxylic acid groups (broad SMARTS) is 1. The fourth-order valence-corrected chi connectivity index (χ4v) is 3.00. The van der Waals surface area contributed by atoms with E-state index < -0.39 is 5.97 Å². The first-order valence-electron chi connectivity index (χ1n) is 10.6. The third-order valence-corrected chi connectivity index (χ3v) is 4.78. The molecule has 0 aliphatic heterocycles. The number of anilines is 1. The number of nitrogens with zero attached hydrogens (tertiary/aromatic N) is 4. The van der Waals surface area contributed by atoms with Gasteiger partial charge in [0.2, 0.25) is 6.41 Å². The van der Waals surface area contributed by atoms with Crippen LogP contribution in [0.5, 0.6) is 0 Å². The topological polar surface area (TPSA) is 87.8 Å². The van der Waals surface area contributed by atoms with Gasteiger partial charge in [-0.15, -0.1) is 0 Å². The Labute approximate surface area is 188 Å². The molecule has 168 valence electrons. The summed E-state index contributed by atoms with van der Waals surface area (Å²) in [5.74, 6) is -0.504. The monoisotopic (exact) mass is 434 g/mol. The molecule has 0 unspecified atom stereocenters. The lowest BCUT2D eigenvalue weighted by Crippen LogP contribution is -2.24. The Bertz CT molecular complexity index is 1100. The van der Waals surface area contributed by atoms with Crippen molar-refractivity contribution in [3.8, 4) is 0 Å². The average Bonchev–Trinajstić information content (AvgIpc) is 3.55. The highest BCUT2D eigenvalue weighted by molar-refractivity contribution is 5.87. The van der Waals surface area contributed by atoms with Crippen molar-refractivity contribution >= 4 is 29.3 Å². The fraction of sp³-hybridized carbons (Fsp3) is 0.280. The highest BCUT2D eigenvalue weighted by Gasteiger charge is 2.29. The van der Waals surface area contributed by atoms with E-state index in [1.165, 1.54) is 33.9 Å². The first-order chi connectivity index (χ1) is 15.4. The SMILES string of the molecule is C=C/C=C(\C)c1cnn2ccc(C)cc12.CC.O=CN(c1ccc(C(=O)O)cn1)C1CC1. The molecular formula is C25H30N4O3. The molecule has 0 spiro atoms. The number of carbonyl (C=O) groups is 2. The minimum absolute atomic E-state index is 0.125. The van der Waals surface area contributed by atoms with Crippen LogP contribution in [0.2, 0.25) is 0 Å². The van der Waals surface area contributed by atoms with E-state index in [1.807, 2.05) is 36.8 Å². The molecule has 1 fully saturated rings. The molecule has 3 aromatic heterocycles. The number of hydrogen-bond acceptors (Lipinski definition) is 4. The van der Waals surface area contributed by atoms with E-state index >= 15 is 0 Å². The Morgan fingerprint density at radius 3 is 2.50 bits per heavy atom. The molecular weight excluding hydrogens is 404 g/mol. The number of hydrogen-bond donors (Lipinski definition) is 1. The van der Waals surface area contributed by atoms with E-state index in [9.17, 15) is 9.59 Å². The summed E-state index contributed by atoms with van der Waals surface area (Å²) >= 11 is 0. The Morgan fingerprint density at radius 2 is 1.97 bits per heavy atom. The first-order valence-corrected chi connectivity index (χ1v) is 10.6. The van der Waals surface area contributed by atoms with Crippen LogP contribution in [0.4, 0.5) is 5.82 Å². The quantitative estimate of drug-likeness (QED) is 0.427. The van der Waals surface area contributed by atoms with E-state index in [4.69, 9.17) is 5.11 Å². The molecule has 7 nitrogen and oxygen atoms in total. The van der Waals surface area contributed by atoms with Gasteiger partial charge >= 0.3 is 5.97 Å². The summed E-state index contributed by atoms with van der Waals surface area (Å²) in [4.78, 5) is 26.8. The zero-order valence-corrected chi connectivity index (χ0v) is 19.0. The molecule has 3 heterocycles. The number of fused-ring (bicyclic) bond motifs is 1. The highest BCUT2D eigenvalue weighted by atomic mass is 16.4. The first kappa shape index (κ1) is 24.5. The zero-order valence-electron chi connectivity index (χ0n) is 19.0. The van der Waals surface area contributed by atoms with Crippen LogP contribution in [0.15, 0.2) is 61.6 Å². The standard InChI is InChI=1S/C13H14N2.C10H10N2O3.C2H6/c1-4-5-11(3)12-9-14-15-7-6-10(2)8-13(12)15;13-6-12(8-2-3-8)9-4-1-7(5-11-9)10(14)15;1-2/h4-9H,1H2,2-3H3;1,4-6,8H,2-3H2,(H,14,15);1-2H3/b11-5+;;. The van der Waals surface area contributed by atoms with Gasteiger partial charge in [0.15, 0.2) is 0 Å². The summed E-state index contributed by atoms with van der Waals surface area (Å²) in [5.41, 5.74) is 4.87. The number of carbonyl (C=O) groups excluding carboxylic acids is 1. The van der Waals surface area contributed by atoms with E-state index in [0.29, 0.717) is 5.82 Å². The Balaban J connectivity index is 0.000000211. The Kier molecular flexibility index (Phi) is 8.89. The lowest BCUT2D eigenvalue weighted by Gasteiger charge is -2.14. The van der Waals surface area contributed by atoms with Crippen LogP contribution in [-0.4, -0.2) is 38.1 Å². The highest BCUT2D eigenvalue weighted by Crippen LogP contribution is 2.29. The lowest BCUT2D eigenvalue weighted by molar-refractivity contribution is -0.107. The second-order valence-electron chi connectivity index (χ2n) is 7.13. The van der Waals surface area contributed by atoms with Crippen molar-refractivity contribution in [2.75, 3.05) is 4.90 Å². The van der Waals surface area contributed by atoms with Crippen molar-refractivity contribution in [2.24, 2.45) is 0 Å². The minimum atomic E-state index is -1.02. The number of aromatic nitrogens is 3. The van der Waals surface area contributed by atoms with Crippen LogP contribution >= 0.6 is 0 Å². The summed E-state index contributed by atoms with van der Waals surface area (Å²) in [5, 5.41) is 13.0. The third kappa shape index (κ3) is 6.14. The van der Waals surface area contributed by atoms with Crippen molar-refractivity contribution in [1.29, 1.82) is 0 Å². The zero-order chi connectivity index (χ0) is 23.7. The van der Waals surface area contributed by atoms with Gasteiger partial charge in [0.25, 0.3) is 0 Å². The normalized spacial score (nSPS) is 12.7. The summed E-state index contributed by atoms with van der Waals surface area (Å²) in [7, 11) is 0. The van der Waals surface area contributed by atoms with Gasteiger partial charge in [-0.3, -0.25) is 9.69 Å². The summed E-state index contributed by atoms with van der Waals surface area (Å²) in [6.45, 7) is 11.9. The Morgan fingerprint density at radius 1 is 1.25 bits per heavy atom. The van der Waals surface area contributed by atoms with E-state index in [1.54, 1.807) is 12.1 Å². The van der Waals surface area contributed by atoms with Gasteiger partial charge in [-0.25, -0.2) is 14.3 Å². The van der Waals surface area contributed by atoms with Crippen LogP contribution in [0.25, 0.3) is 11.1 Å². The number of aromatic carboxylic acids is 1. The molecule has 1 aliphatic carbocycles.